The van der Waals surface area contributed by atoms with Crippen molar-refractivity contribution in [2.75, 3.05) is 6.54 Å². The standard InChI is InChI=1S/C24H23ClF4N2O6/c1-11-16(8-15(26)9-19(11)32)21(34)30-17(6-12-3-2-4-13(5-12)24(27,28)29)20(33)22(35)31-10-14(25)7-18(31)23(36)37/h2-5,8-9,14,17-18,20,32-33H,6-7,10H2,1H3,(H,30,34)(H,36,37)/t14-,17-,18-,20-/m0/s1. The lowest BCUT2D eigenvalue weighted by atomic mass is 9.97. The van der Waals surface area contributed by atoms with E-state index in [9.17, 15) is 47.3 Å². The van der Waals surface area contributed by atoms with E-state index in [2.05, 4.69) is 5.32 Å². The fraction of sp³-hybridized carbons (Fsp3) is 0.375. The number of nitrogens with one attached hydrogen (secondary N) is 1. The SMILES string of the molecule is Cc1c(O)cc(F)cc1C(=O)N[C@@H](Cc1cccc(C(F)(F)F)c1)[C@H](O)C(=O)N1C[C@@H](Cl)C[C@H]1C(=O)O. The number of nitrogens with zero attached hydrogens (tertiary/aromatic N) is 1. The number of hydrogen-bond acceptors (Lipinski definition) is 5. The van der Waals surface area contributed by atoms with Crippen LogP contribution in [0.25, 0.3) is 0 Å². The number of alkyl halides is 4. The van der Waals surface area contributed by atoms with E-state index in [1.165, 1.54) is 13.0 Å². The summed E-state index contributed by atoms with van der Waals surface area (Å²) in [5.74, 6) is -4.98. The highest BCUT2D eigenvalue weighted by atomic mass is 35.5. The number of aromatic hydroxyl groups is 1. The number of carbonyl (C=O) groups is 3. The van der Waals surface area contributed by atoms with E-state index in [4.69, 9.17) is 11.6 Å². The number of carbonyl (C=O) groups excluding carboxylic acids is 2. The Morgan fingerprint density at radius 1 is 1.22 bits per heavy atom. The fourth-order valence-corrected chi connectivity index (χ4v) is 4.44. The number of rotatable bonds is 7. The fourth-order valence-electron chi connectivity index (χ4n) is 4.12. The number of phenolic OH excluding ortho intramolecular Hbond substituents is 1. The Hall–Kier alpha value is -3.38. The summed E-state index contributed by atoms with van der Waals surface area (Å²) in [6.45, 7) is 1.10. The van der Waals surface area contributed by atoms with Gasteiger partial charge >= 0.3 is 12.1 Å². The van der Waals surface area contributed by atoms with Gasteiger partial charge in [0.15, 0.2) is 6.10 Å². The van der Waals surface area contributed by atoms with Gasteiger partial charge in [-0.3, -0.25) is 9.59 Å². The van der Waals surface area contributed by atoms with Crippen molar-refractivity contribution in [3.05, 3.63) is 64.5 Å². The van der Waals surface area contributed by atoms with Crippen LogP contribution in [0.5, 0.6) is 5.75 Å². The molecule has 0 radical (unpaired) electrons. The minimum absolute atomic E-state index is 0.00258. The van der Waals surface area contributed by atoms with Crippen LogP contribution in [0.4, 0.5) is 17.6 Å². The summed E-state index contributed by atoms with van der Waals surface area (Å²) in [6, 6.07) is 2.66. The van der Waals surface area contributed by atoms with Crippen LogP contribution in [-0.4, -0.2) is 68.1 Å². The number of aliphatic carboxylic acids is 1. The van der Waals surface area contributed by atoms with Crippen molar-refractivity contribution >= 4 is 29.4 Å². The molecule has 1 saturated heterocycles. The molecule has 200 valence electrons. The number of aliphatic hydroxyl groups is 1. The zero-order valence-electron chi connectivity index (χ0n) is 19.3. The maximum atomic E-state index is 13.8. The second-order valence-electron chi connectivity index (χ2n) is 8.70. The Morgan fingerprint density at radius 2 is 1.89 bits per heavy atom. The third-order valence-corrected chi connectivity index (χ3v) is 6.38. The molecule has 0 spiro atoms. The van der Waals surface area contributed by atoms with Crippen LogP contribution in [0.15, 0.2) is 36.4 Å². The normalized spacial score (nSPS) is 19.4. The Morgan fingerprint density at radius 3 is 2.51 bits per heavy atom. The molecular formula is C24H23ClF4N2O6. The first kappa shape index (κ1) is 28.2. The number of phenols is 1. The van der Waals surface area contributed by atoms with Crippen molar-refractivity contribution in [3.8, 4) is 5.75 Å². The van der Waals surface area contributed by atoms with Crippen molar-refractivity contribution in [2.24, 2.45) is 0 Å². The molecule has 4 atom stereocenters. The predicted molar refractivity (Wildman–Crippen MR) is 123 cm³/mol. The third-order valence-electron chi connectivity index (χ3n) is 6.07. The number of carboxylic acids is 1. The minimum Gasteiger partial charge on any atom is -0.508 e. The van der Waals surface area contributed by atoms with Gasteiger partial charge in [0.25, 0.3) is 11.8 Å². The summed E-state index contributed by atoms with van der Waals surface area (Å²) in [5, 5.41) is 31.8. The maximum absolute atomic E-state index is 13.8. The molecule has 0 bridgehead atoms. The Bertz CT molecular complexity index is 1210. The lowest BCUT2D eigenvalue weighted by Crippen LogP contribution is -2.54. The number of halogens is 5. The summed E-state index contributed by atoms with van der Waals surface area (Å²) < 4.78 is 53.4. The largest absolute Gasteiger partial charge is 0.508 e. The molecule has 1 aliphatic rings. The second kappa shape index (κ2) is 10.9. The first-order valence-corrected chi connectivity index (χ1v) is 11.4. The molecule has 1 fully saturated rings. The summed E-state index contributed by atoms with van der Waals surface area (Å²) in [6.07, 6.45) is -7.34. The summed E-state index contributed by atoms with van der Waals surface area (Å²) >= 11 is 6.00. The van der Waals surface area contributed by atoms with E-state index in [-0.39, 0.29) is 29.7 Å². The average Bonchev–Trinajstić information content (AvgIpc) is 3.21. The molecule has 0 unspecified atom stereocenters. The molecule has 13 heteroatoms. The van der Waals surface area contributed by atoms with E-state index < -0.39 is 71.1 Å². The quantitative estimate of drug-likeness (QED) is 0.312. The molecule has 3 rings (SSSR count). The molecule has 8 nitrogen and oxygen atoms in total. The lowest BCUT2D eigenvalue weighted by Gasteiger charge is -2.29. The predicted octanol–water partition coefficient (Wildman–Crippen LogP) is 2.85. The van der Waals surface area contributed by atoms with Gasteiger partial charge in [0, 0.05) is 23.7 Å². The Labute approximate surface area is 213 Å². The van der Waals surface area contributed by atoms with Gasteiger partial charge in [-0.05, 0) is 37.5 Å². The third kappa shape index (κ3) is 6.50. The van der Waals surface area contributed by atoms with Gasteiger partial charge < -0.3 is 25.5 Å². The minimum atomic E-state index is -4.68. The van der Waals surface area contributed by atoms with Gasteiger partial charge in [-0.25, -0.2) is 9.18 Å². The topological polar surface area (TPSA) is 127 Å². The Kier molecular flexibility index (Phi) is 8.33. The zero-order chi connectivity index (χ0) is 27.7. The van der Waals surface area contributed by atoms with Crippen molar-refractivity contribution in [3.63, 3.8) is 0 Å². The van der Waals surface area contributed by atoms with Crippen LogP contribution in [-0.2, 0) is 22.2 Å². The van der Waals surface area contributed by atoms with Gasteiger partial charge in [-0.2, -0.15) is 13.2 Å². The molecule has 37 heavy (non-hydrogen) atoms. The van der Waals surface area contributed by atoms with Crippen LogP contribution in [0, 0.1) is 12.7 Å². The highest BCUT2D eigenvalue weighted by Gasteiger charge is 2.43. The molecule has 1 aliphatic heterocycles. The van der Waals surface area contributed by atoms with Crippen LogP contribution >= 0.6 is 11.6 Å². The summed E-state index contributed by atoms with van der Waals surface area (Å²) in [7, 11) is 0. The van der Waals surface area contributed by atoms with Gasteiger partial charge in [-0.1, -0.05) is 18.2 Å². The number of amides is 2. The summed E-state index contributed by atoms with van der Waals surface area (Å²) in [4.78, 5) is 38.4. The van der Waals surface area contributed by atoms with E-state index in [1.807, 2.05) is 0 Å². The number of hydrogen-bond donors (Lipinski definition) is 4. The maximum Gasteiger partial charge on any atom is 0.416 e. The van der Waals surface area contributed by atoms with Crippen molar-refractivity contribution in [1.82, 2.24) is 10.2 Å². The average molecular weight is 547 g/mol. The van der Waals surface area contributed by atoms with E-state index in [0.717, 1.165) is 35.2 Å². The second-order valence-corrected chi connectivity index (χ2v) is 9.32. The first-order chi connectivity index (χ1) is 17.2. The lowest BCUT2D eigenvalue weighted by molar-refractivity contribution is -0.152. The van der Waals surface area contributed by atoms with Crippen LogP contribution < -0.4 is 5.32 Å². The molecule has 2 amide bonds. The van der Waals surface area contributed by atoms with Crippen molar-refractivity contribution in [1.29, 1.82) is 0 Å². The van der Waals surface area contributed by atoms with Crippen LogP contribution in [0.1, 0.15) is 33.5 Å². The smallest absolute Gasteiger partial charge is 0.416 e. The van der Waals surface area contributed by atoms with Crippen LogP contribution in [0.3, 0.4) is 0 Å². The molecule has 4 N–H and O–H groups in total. The zero-order valence-corrected chi connectivity index (χ0v) is 20.1. The van der Waals surface area contributed by atoms with Crippen molar-refractivity contribution < 1.29 is 47.3 Å². The highest BCUT2D eigenvalue weighted by molar-refractivity contribution is 6.21. The molecule has 2 aromatic carbocycles. The molecule has 2 aromatic rings. The number of benzene rings is 2. The van der Waals surface area contributed by atoms with E-state index >= 15 is 0 Å². The number of likely N-dealkylation sites (tertiary alicyclic amines) is 1. The molecule has 0 saturated carbocycles. The Balaban J connectivity index is 1.95. The number of aliphatic hydroxyl groups excluding tert-OH is 1. The van der Waals surface area contributed by atoms with E-state index in [1.54, 1.807) is 0 Å². The van der Waals surface area contributed by atoms with Gasteiger partial charge in [0.05, 0.1) is 17.0 Å². The van der Waals surface area contributed by atoms with Gasteiger partial charge in [0.2, 0.25) is 0 Å². The molecule has 1 heterocycles. The molecule has 0 aliphatic carbocycles. The van der Waals surface area contributed by atoms with Crippen molar-refractivity contribution in [2.45, 2.75) is 49.5 Å². The van der Waals surface area contributed by atoms with E-state index in [0.29, 0.717) is 0 Å². The monoisotopic (exact) mass is 546 g/mol. The molecule has 0 aromatic heterocycles. The van der Waals surface area contributed by atoms with Crippen LogP contribution in [0.2, 0.25) is 0 Å². The first-order valence-electron chi connectivity index (χ1n) is 11.0. The summed E-state index contributed by atoms with van der Waals surface area (Å²) in [5.41, 5.74) is -1.36. The van der Waals surface area contributed by atoms with Gasteiger partial charge in [-0.15, -0.1) is 11.6 Å². The number of carboxylic acid groups (broad SMARTS) is 1. The molecular weight excluding hydrogens is 524 g/mol. The van der Waals surface area contributed by atoms with Gasteiger partial charge in [0.1, 0.15) is 17.6 Å². The highest BCUT2D eigenvalue weighted by Crippen LogP contribution is 2.30.